The lowest BCUT2D eigenvalue weighted by Crippen LogP contribution is -2.31. The fourth-order valence-corrected chi connectivity index (χ4v) is 1.66. The van der Waals surface area contributed by atoms with Gasteiger partial charge in [-0.05, 0) is 25.5 Å². The summed E-state index contributed by atoms with van der Waals surface area (Å²) >= 11 is 0. The van der Waals surface area contributed by atoms with E-state index < -0.39 is 0 Å². The van der Waals surface area contributed by atoms with Crippen molar-refractivity contribution in [1.82, 2.24) is 9.88 Å². The minimum Gasteiger partial charge on any atom is -0.339 e. The maximum absolute atomic E-state index is 12.2. The van der Waals surface area contributed by atoms with Crippen LogP contribution in [0.1, 0.15) is 42.7 Å². The molecule has 17 heavy (non-hydrogen) atoms. The molecular weight excluding hydrogens is 214 g/mol. The first-order chi connectivity index (χ1) is 8.22. The van der Waals surface area contributed by atoms with E-state index in [-0.39, 0.29) is 5.91 Å². The van der Waals surface area contributed by atoms with Crippen LogP contribution < -0.4 is 5.73 Å². The largest absolute Gasteiger partial charge is 0.339 e. The van der Waals surface area contributed by atoms with E-state index in [1.807, 2.05) is 11.8 Å². The lowest BCUT2D eigenvalue weighted by molar-refractivity contribution is 0.0762. The summed E-state index contributed by atoms with van der Waals surface area (Å²) in [5.74, 6) is 0.0676. The molecule has 0 aliphatic rings. The first-order valence-electron chi connectivity index (χ1n) is 6.17. The molecule has 0 saturated heterocycles. The maximum Gasteiger partial charge on any atom is 0.253 e. The molecule has 1 aromatic rings. The molecule has 94 valence electrons. The second kappa shape index (κ2) is 7.01. The normalized spacial score (nSPS) is 10.3. The van der Waals surface area contributed by atoms with Gasteiger partial charge in [-0.15, -0.1) is 0 Å². The van der Waals surface area contributed by atoms with Crippen LogP contribution in [0, 0.1) is 0 Å². The number of nitrogens with two attached hydrogens (primary N) is 1. The number of carbonyl (C=O) groups is 1. The molecule has 0 aliphatic heterocycles. The second-order valence-electron chi connectivity index (χ2n) is 3.98. The Hall–Kier alpha value is -1.42. The molecule has 1 aromatic heterocycles. The number of aromatic nitrogens is 1. The molecule has 1 rings (SSSR count). The highest BCUT2D eigenvalue weighted by atomic mass is 16.2. The summed E-state index contributed by atoms with van der Waals surface area (Å²) in [6, 6.07) is 3.52. The van der Waals surface area contributed by atoms with E-state index in [4.69, 9.17) is 5.73 Å². The second-order valence-corrected chi connectivity index (χ2v) is 3.98. The molecule has 0 saturated carbocycles. The minimum atomic E-state index is 0.0676. The minimum absolute atomic E-state index is 0.0676. The van der Waals surface area contributed by atoms with Crippen LogP contribution in [0.4, 0.5) is 0 Å². The average molecular weight is 235 g/mol. The number of nitrogens with zero attached hydrogens (tertiary/aromatic N) is 2. The summed E-state index contributed by atoms with van der Waals surface area (Å²) < 4.78 is 0. The molecule has 2 N–H and O–H groups in total. The van der Waals surface area contributed by atoms with Gasteiger partial charge in [-0.1, -0.05) is 13.3 Å². The van der Waals surface area contributed by atoms with Gasteiger partial charge in [0.15, 0.2) is 0 Å². The van der Waals surface area contributed by atoms with Gasteiger partial charge in [0.2, 0.25) is 0 Å². The van der Waals surface area contributed by atoms with E-state index in [0.717, 1.165) is 31.6 Å². The Bertz CT molecular complexity index is 365. The van der Waals surface area contributed by atoms with E-state index in [1.54, 1.807) is 18.3 Å². The van der Waals surface area contributed by atoms with Crippen molar-refractivity contribution >= 4 is 5.91 Å². The molecule has 0 fully saturated rings. The molecule has 0 spiro atoms. The molecule has 0 radical (unpaired) electrons. The molecule has 0 unspecified atom stereocenters. The monoisotopic (exact) mass is 235 g/mol. The third-order valence-electron chi connectivity index (χ3n) is 2.72. The number of carbonyl (C=O) groups excluding carboxylic acids is 1. The van der Waals surface area contributed by atoms with Crippen LogP contribution in [0.3, 0.4) is 0 Å². The zero-order valence-electron chi connectivity index (χ0n) is 10.6. The fraction of sp³-hybridized carbons (Fsp3) is 0.538. The highest BCUT2D eigenvalue weighted by molar-refractivity contribution is 5.94. The Morgan fingerprint density at radius 2 is 2.24 bits per heavy atom. The summed E-state index contributed by atoms with van der Waals surface area (Å²) in [7, 11) is 0. The van der Waals surface area contributed by atoms with Gasteiger partial charge in [-0.3, -0.25) is 9.78 Å². The van der Waals surface area contributed by atoms with E-state index >= 15 is 0 Å². The van der Waals surface area contributed by atoms with E-state index in [9.17, 15) is 4.79 Å². The van der Waals surface area contributed by atoms with Crippen molar-refractivity contribution in [3.05, 3.63) is 29.6 Å². The van der Waals surface area contributed by atoms with Crippen molar-refractivity contribution in [2.75, 3.05) is 13.1 Å². The number of amides is 1. The van der Waals surface area contributed by atoms with Crippen molar-refractivity contribution in [2.24, 2.45) is 5.73 Å². The zero-order valence-corrected chi connectivity index (χ0v) is 10.6. The number of unbranched alkanes of at least 4 members (excludes halogenated alkanes) is 1. The summed E-state index contributed by atoms with van der Waals surface area (Å²) in [6.07, 6.45) is 3.77. The lowest BCUT2D eigenvalue weighted by atomic mass is 10.2. The lowest BCUT2D eigenvalue weighted by Gasteiger charge is -2.20. The Kier molecular flexibility index (Phi) is 5.63. The van der Waals surface area contributed by atoms with Gasteiger partial charge < -0.3 is 10.6 Å². The predicted molar refractivity (Wildman–Crippen MR) is 68.6 cm³/mol. The first-order valence-corrected chi connectivity index (χ1v) is 6.17. The first kappa shape index (κ1) is 13.6. The number of hydrogen-bond donors (Lipinski definition) is 1. The van der Waals surface area contributed by atoms with Crippen LogP contribution in [-0.4, -0.2) is 28.9 Å². The third kappa shape index (κ3) is 3.82. The van der Waals surface area contributed by atoms with Crippen LogP contribution in [0.5, 0.6) is 0 Å². The van der Waals surface area contributed by atoms with E-state index in [0.29, 0.717) is 12.1 Å². The van der Waals surface area contributed by atoms with Crippen LogP contribution in [-0.2, 0) is 6.54 Å². The molecule has 0 aromatic carbocycles. The van der Waals surface area contributed by atoms with Gasteiger partial charge in [0.05, 0.1) is 5.69 Å². The van der Waals surface area contributed by atoms with Gasteiger partial charge >= 0.3 is 0 Å². The van der Waals surface area contributed by atoms with Crippen molar-refractivity contribution in [1.29, 1.82) is 0 Å². The van der Waals surface area contributed by atoms with Gasteiger partial charge in [0.25, 0.3) is 5.91 Å². The Balaban J connectivity index is 2.78. The summed E-state index contributed by atoms with van der Waals surface area (Å²) in [5, 5.41) is 0. The number of hydrogen-bond acceptors (Lipinski definition) is 3. The highest BCUT2D eigenvalue weighted by Gasteiger charge is 2.13. The van der Waals surface area contributed by atoms with E-state index in [2.05, 4.69) is 11.9 Å². The third-order valence-corrected chi connectivity index (χ3v) is 2.72. The summed E-state index contributed by atoms with van der Waals surface area (Å²) in [5.41, 5.74) is 6.95. The average Bonchev–Trinajstić information content (AvgIpc) is 2.39. The quantitative estimate of drug-likeness (QED) is 0.818. The highest BCUT2D eigenvalue weighted by Crippen LogP contribution is 2.07. The smallest absolute Gasteiger partial charge is 0.253 e. The van der Waals surface area contributed by atoms with Crippen molar-refractivity contribution in [3.63, 3.8) is 0 Å². The van der Waals surface area contributed by atoms with Crippen LogP contribution in [0.25, 0.3) is 0 Å². The molecule has 1 amide bonds. The summed E-state index contributed by atoms with van der Waals surface area (Å²) in [6.45, 7) is 6.03. The summed E-state index contributed by atoms with van der Waals surface area (Å²) in [4.78, 5) is 18.2. The number of pyridine rings is 1. The number of rotatable bonds is 6. The van der Waals surface area contributed by atoms with Gasteiger partial charge in [0, 0.05) is 31.4 Å². The van der Waals surface area contributed by atoms with Crippen LogP contribution in [0.2, 0.25) is 0 Å². The van der Waals surface area contributed by atoms with Gasteiger partial charge in [-0.2, -0.15) is 0 Å². The zero-order chi connectivity index (χ0) is 12.7. The molecule has 4 nitrogen and oxygen atoms in total. The maximum atomic E-state index is 12.2. The fourth-order valence-electron chi connectivity index (χ4n) is 1.66. The van der Waals surface area contributed by atoms with Crippen molar-refractivity contribution < 1.29 is 4.79 Å². The molecule has 0 bridgehead atoms. The standard InChI is InChI=1S/C13H21N3O/c1-3-5-8-16(4-2)13(17)11-6-7-15-12(9-11)10-14/h6-7,9H,3-5,8,10,14H2,1-2H3. The Labute approximate surface area is 103 Å². The Morgan fingerprint density at radius 3 is 2.82 bits per heavy atom. The van der Waals surface area contributed by atoms with Gasteiger partial charge in [0.1, 0.15) is 0 Å². The Morgan fingerprint density at radius 1 is 1.47 bits per heavy atom. The van der Waals surface area contributed by atoms with Crippen LogP contribution >= 0.6 is 0 Å². The van der Waals surface area contributed by atoms with Gasteiger partial charge in [-0.25, -0.2) is 0 Å². The SMILES string of the molecule is CCCCN(CC)C(=O)c1ccnc(CN)c1. The van der Waals surface area contributed by atoms with E-state index in [1.165, 1.54) is 0 Å². The molecule has 4 heteroatoms. The van der Waals surface area contributed by atoms with Crippen LogP contribution in [0.15, 0.2) is 18.3 Å². The molecule has 1 heterocycles. The molecule has 0 aliphatic carbocycles. The molecule has 0 atom stereocenters. The predicted octanol–water partition coefficient (Wildman–Crippen LogP) is 1.80. The van der Waals surface area contributed by atoms with Crippen molar-refractivity contribution in [3.8, 4) is 0 Å². The van der Waals surface area contributed by atoms with Crippen molar-refractivity contribution in [2.45, 2.75) is 33.2 Å². The molecular formula is C13H21N3O. The topological polar surface area (TPSA) is 59.2 Å².